The van der Waals surface area contributed by atoms with Crippen LogP contribution in [0.4, 0.5) is 5.69 Å². The van der Waals surface area contributed by atoms with Crippen LogP contribution in [0.15, 0.2) is 47.4 Å². The van der Waals surface area contributed by atoms with Crippen LogP contribution in [0.2, 0.25) is 0 Å². The van der Waals surface area contributed by atoms with E-state index in [-0.39, 0.29) is 37.0 Å². The summed E-state index contributed by atoms with van der Waals surface area (Å²) in [5.41, 5.74) is 0.914. The Morgan fingerprint density at radius 2 is 1.83 bits per heavy atom. The molecule has 0 radical (unpaired) electrons. The third kappa shape index (κ3) is 5.24. The summed E-state index contributed by atoms with van der Waals surface area (Å²) < 4.78 is 15.7. The zero-order valence-electron chi connectivity index (χ0n) is 16.0. The molecule has 2 N–H and O–H groups in total. The van der Waals surface area contributed by atoms with Crippen molar-refractivity contribution in [2.45, 2.75) is 23.8 Å². The van der Waals surface area contributed by atoms with E-state index >= 15 is 0 Å². The molecule has 0 unspecified atom stereocenters. The maximum atomic E-state index is 12.4. The molecule has 1 heterocycles. The smallest absolute Gasteiger partial charge is 0.339 e. The first-order valence-corrected chi connectivity index (χ1v) is 10.4. The van der Waals surface area contributed by atoms with Gasteiger partial charge >= 0.3 is 5.97 Å². The molecule has 2 aromatic rings. The van der Waals surface area contributed by atoms with Crippen LogP contribution in [-0.2, 0) is 14.3 Å². The number of ether oxygens (including phenoxy) is 3. The molecule has 2 aliphatic rings. The number of rotatable bonds is 8. The summed E-state index contributed by atoms with van der Waals surface area (Å²) in [5.74, 6) is 0.186. The predicted molar refractivity (Wildman–Crippen MR) is 110 cm³/mol. The van der Waals surface area contributed by atoms with Gasteiger partial charge in [0.05, 0.1) is 11.3 Å². The quantitative estimate of drug-likeness (QED) is 0.492. The molecule has 0 aromatic heterocycles. The average molecular weight is 428 g/mol. The highest BCUT2D eigenvalue weighted by Crippen LogP contribution is 2.34. The number of benzene rings is 2. The highest BCUT2D eigenvalue weighted by Gasteiger charge is 2.24. The molecule has 2 aromatic carbocycles. The first-order valence-electron chi connectivity index (χ1n) is 9.46. The zero-order valence-corrected chi connectivity index (χ0v) is 16.8. The van der Waals surface area contributed by atoms with Crippen molar-refractivity contribution in [1.29, 1.82) is 0 Å². The van der Waals surface area contributed by atoms with Gasteiger partial charge in [0.2, 0.25) is 12.7 Å². The largest absolute Gasteiger partial charge is 0.454 e. The molecule has 8 nitrogen and oxygen atoms in total. The normalized spacial score (nSPS) is 14.1. The van der Waals surface area contributed by atoms with Gasteiger partial charge in [-0.2, -0.15) is 0 Å². The summed E-state index contributed by atoms with van der Waals surface area (Å²) >= 11 is 1.21. The van der Waals surface area contributed by atoms with Gasteiger partial charge in [0, 0.05) is 22.7 Å². The van der Waals surface area contributed by atoms with Crippen LogP contribution in [-0.4, -0.2) is 43.0 Å². The van der Waals surface area contributed by atoms with E-state index in [2.05, 4.69) is 10.6 Å². The van der Waals surface area contributed by atoms with E-state index in [1.165, 1.54) is 11.8 Å². The Hall–Kier alpha value is -3.20. The third-order valence-electron chi connectivity index (χ3n) is 4.40. The lowest BCUT2D eigenvalue weighted by atomic mass is 10.2. The number of carbonyl (C=O) groups is 3. The molecule has 4 rings (SSSR count). The SMILES string of the molecule is O=C(CSc1ccccc1C(=O)OCC(=O)NC1CC1)Nc1ccc2c(c1)OCO2. The van der Waals surface area contributed by atoms with E-state index < -0.39 is 5.97 Å². The molecule has 0 bridgehead atoms. The molecule has 156 valence electrons. The highest BCUT2D eigenvalue weighted by molar-refractivity contribution is 8.00. The second kappa shape index (κ2) is 9.08. The van der Waals surface area contributed by atoms with Crippen molar-refractivity contribution in [3.8, 4) is 11.5 Å². The number of hydrogen-bond donors (Lipinski definition) is 2. The number of fused-ring (bicyclic) bond motifs is 1. The number of thioether (sulfide) groups is 1. The van der Waals surface area contributed by atoms with Crippen LogP contribution in [0.3, 0.4) is 0 Å². The first kappa shape index (κ1) is 20.1. The molecule has 1 aliphatic heterocycles. The van der Waals surface area contributed by atoms with E-state index in [1.54, 1.807) is 42.5 Å². The number of carbonyl (C=O) groups excluding carboxylic acids is 3. The minimum Gasteiger partial charge on any atom is -0.454 e. The van der Waals surface area contributed by atoms with Gasteiger partial charge in [-0.3, -0.25) is 9.59 Å². The third-order valence-corrected chi connectivity index (χ3v) is 5.47. The van der Waals surface area contributed by atoms with E-state index in [1.807, 2.05) is 0 Å². The molecule has 0 saturated heterocycles. The second-order valence-corrected chi connectivity index (χ2v) is 7.84. The minimum absolute atomic E-state index is 0.0981. The summed E-state index contributed by atoms with van der Waals surface area (Å²) in [5, 5.41) is 5.55. The van der Waals surface area contributed by atoms with E-state index in [4.69, 9.17) is 14.2 Å². The Balaban J connectivity index is 1.30. The topological polar surface area (TPSA) is 103 Å². The standard InChI is InChI=1S/C21H20N2O6S/c24-19(22-13-5-6-13)10-27-21(26)15-3-1-2-4-18(15)30-11-20(25)23-14-7-8-16-17(9-14)29-12-28-16/h1-4,7-9,13H,5-6,10-12H2,(H,22,24)(H,23,25). The Morgan fingerprint density at radius 1 is 1.03 bits per heavy atom. The predicted octanol–water partition coefficient (Wildman–Crippen LogP) is 2.58. The van der Waals surface area contributed by atoms with Crippen LogP contribution in [0, 0.1) is 0 Å². The van der Waals surface area contributed by atoms with Crippen molar-refractivity contribution in [2.24, 2.45) is 0 Å². The molecule has 1 fully saturated rings. The Bertz CT molecular complexity index is 976. The first-order chi connectivity index (χ1) is 14.6. The Labute approximate surface area is 177 Å². The Kier molecular flexibility index (Phi) is 6.08. The van der Waals surface area contributed by atoms with E-state index in [0.29, 0.717) is 27.6 Å². The van der Waals surface area contributed by atoms with Gasteiger partial charge in [0.1, 0.15) is 0 Å². The van der Waals surface area contributed by atoms with Crippen molar-refractivity contribution < 1.29 is 28.6 Å². The van der Waals surface area contributed by atoms with Gasteiger partial charge in [0.25, 0.3) is 5.91 Å². The summed E-state index contributed by atoms with van der Waals surface area (Å²) in [6, 6.07) is 12.2. The van der Waals surface area contributed by atoms with Crippen LogP contribution in [0.25, 0.3) is 0 Å². The fourth-order valence-corrected chi connectivity index (χ4v) is 3.62. The van der Waals surface area contributed by atoms with Crippen molar-refractivity contribution >= 4 is 35.2 Å². The van der Waals surface area contributed by atoms with Crippen LogP contribution < -0.4 is 20.1 Å². The van der Waals surface area contributed by atoms with Crippen LogP contribution in [0.1, 0.15) is 23.2 Å². The van der Waals surface area contributed by atoms with Crippen molar-refractivity contribution in [3.05, 3.63) is 48.0 Å². The summed E-state index contributed by atoms with van der Waals surface area (Å²) in [6.07, 6.45) is 1.93. The number of nitrogens with one attached hydrogen (secondary N) is 2. The fourth-order valence-electron chi connectivity index (χ4n) is 2.78. The van der Waals surface area contributed by atoms with Gasteiger partial charge in [-0.05, 0) is 37.1 Å². The number of hydrogen-bond acceptors (Lipinski definition) is 7. The lowest BCUT2D eigenvalue weighted by Gasteiger charge is -2.10. The molecule has 0 atom stereocenters. The van der Waals surface area contributed by atoms with Gasteiger partial charge in [-0.15, -0.1) is 11.8 Å². The molecule has 9 heteroatoms. The van der Waals surface area contributed by atoms with Crippen molar-refractivity contribution in [2.75, 3.05) is 24.5 Å². The summed E-state index contributed by atoms with van der Waals surface area (Å²) in [4.78, 5) is 37.0. The fraction of sp³-hybridized carbons (Fsp3) is 0.286. The van der Waals surface area contributed by atoms with Gasteiger partial charge in [0.15, 0.2) is 18.1 Å². The maximum Gasteiger partial charge on any atom is 0.339 e. The van der Waals surface area contributed by atoms with Crippen LogP contribution in [0.5, 0.6) is 11.5 Å². The van der Waals surface area contributed by atoms with E-state index in [0.717, 1.165) is 12.8 Å². The summed E-state index contributed by atoms with van der Waals surface area (Å²) in [6.45, 7) is -0.156. The van der Waals surface area contributed by atoms with Crippen molar-refractivity contribution in [1.82, 2.24) is 5.32 Å². The molecule has 1 aliphatic carbocycles. The minimum atomic E-state index is -0.597. The molecular formula is C21H20N2O6S. The molecule has 1 saturated carbocycles. The lowest BCUT2D eigenvalue weighted by Crippen LogP contribution is -2.30. The van der Waals surface area contributed by atoms with Gasteiger partial charge in [-0.1, -0.05) is 12.1 Å². The Morgan fingerprint density at radius 3 is 2.67 bits per heavy atom. The monoisotopic (exact) mass is 428 g/mol. The highest BCUT2D eigenvalue weighted by atomic mass is 32.2. The number of amides is 2. The number of anilines is 1. The molecule has 0 spiro atoms. The molecule has 30 heavy (non-hydrogen) atoms. The van der Waals surface area contributed by atoms with Gasteiger partial charge < -0.3 is 24.8 Å². The lowest BCUT2D eigenvalue weighted by molar-refractivity contribution is -0.124. The van der Waals surface area contributed by atoms with Crippen molar-refractivity contribution in [3.63, 3.8) is 0 Å². The molecule has 2 amide bonds. The summed E-state index contributed by atoms with van der Waals surface area (Å²) in [7, 11) is 0. The zero-order chi connectivity index (χ0) is 20.9. The average Bonchev–Trinajstić information content (AvgIpc) is 3.43. The molecular weight excluding hydrogens is 408 g/mol. The second-order valence-electron chi connectivity index (χ2n) is 6.82. The van der Waals surface area contributed by atoms with Crippen LogP contribution >= 0.6 is 11.8 Å². The van der Waals surface area contributed by atoms with E-state index in [9.17, 15) is 14.4 Å². The maximum absolute atomic E-state index is 12.4. The van der Waals surface area contributed by atoms with Gasteiger partial charge in [-0.25, -0.2) is 4.79 Å². The number of esters is 1.